The van der Waals surface area contributed by atoms with Crippen LogP contribution < -0.4 is 10.2 Å². The summed E-state index contributed by atoms with van der Waals surface area (Å²) in [6.07, 6.45) is -5.51. The summed E-state index contributed by atoms with van der Waals surface area (Å²) in [5, 5.41) is 3.29. The second-order valence-corrected chi connectivity index (χ2v) is 5.61. The monoisotopic (exact) mass is 343 g/mol. The number of rotatable bonds is 1. The number of hydrogen-bond donors (Lipinski definition) is 1. The van der Waals surface area contributed by atoms with Crippen LogP contribution in [0.4, 0.5) is 29.3 Å². The van der Waals surface area contributed by atoms with Gasteiger partial charge in [0.25, 0.3) is 0 Å². The van der Waals surface area contributed by atoms with E-state index in [-0.39, 0.29) is 13.1 Å². The lowest BCUT2D eigenvalue weighted by Gasteiger charge is -2.36. The number of amides is 1. The summed E-state index contributed by atoms with van der Waals surface area (Å²) in [6, 6.07) is 5.93. The molecule has 1 N–H and O–H groups in total. The van der Waals surface area contributed by atoms with Gasteiger partial charge in [0.2, 0.25) is 0 Å². The number of alkyl halides is 3. The molecule has 0 atom stereocenters. The van der Waals surface area contributed by atoms with Crippen molar-refractivity contribution in [2.75, 3.05) is 42.9 Å². The summed E-state index contributed by atoms with van der Waals surface area (Å²) in [5.74, 6) is -2.48. The van der Waals surface area contributed by atoms with Gasteiger partial charge in [-0.15, -0.1) is 0 Å². The molecule has 0 radical (unpaired) electrons. The van der Waals surface area contributed by atoms with E-state index < -0.39 is 18.2 Å². The maximum atomic E-state index is 12.1. The van der Waals surface area contributed by atoms with Crippen LogP contribution in [0.5, 0.6) is 0 Å². The molecule has 9 heteroatoms. The number of piperazine rings is 1. The van der Waals surface area contributed by atoms with Gasteiger partial charge in [-0.2, -0.15) is 13.2 Å². The second kappa shape index (κ2) is 6.21. The number of nitrogens with zero attached hydrogens (tertiary/aromatic N) is 2. The predicted octanol–water partition coefficient (Wildman–Crippen LogP) is 2.00. The Hall–Kier alpha value is -2.45. The molecule has 0 unspecified atom stereocenters. The van der Waals surface area contributed by atoms with Crippen molar-refractivity contribution in [3.8, 4) is 0 Å². The Morgan fingerprint density at radius 3 is 2.50 bits per heavy atom. The molecule has 3 rings (SSSR count). The van der Waals surface area contributed by atoms with Crippen LogP contribution in [0.1, 0.15) is 5.56 Å². The standard InChI is InChI=1S/C15H16F3N3O3/c16-15(17,18)13(22)24-14(23)21-8-6-20(7-9-21)12-3-1-2-11-10(12)4-5-19-11/h1-3,19H,4-9H2. The van der Waals surface area contributed by atoms with E-state index in [9.17, 15) is 22.8 Å². The molecule has 0 aliphatic carbocycles. The molecule has 1 aromatic carbocycles. The first kappa shape index (κ1) is 16.4. The second-order valence-electron chi connectivity index (χ2n) is 5.61. The number of nitrogens with one attached hydrogen (secondary N) is 1. The van der Waals surface area contributed by atoms with Crippen molar-refractivity contribution in [1.29, 1.82) is 0 Å². The highest BCUT2D eigenvalue weighted by Crippen LogP contribution is 2.32. The number of anilines is 2. The molecule has 130 valence electrons. The number of carbonyl (C=O) groups is 2. The Morgan fingerprint density at radius 1 is 1.12 bits per heavy atom. The number of fused-ring (bicyclic) bond motifs is 1. The Kier molecular flexibility index (Phi) is 4.25. The average Bonchev–Trinajstić information content (AvgIpc) is 3.02. The van der Waals surface area contributed by atoms with Crippen molar-refractivity contribution in [3.05, 3.63) is 23.8 Å². The molecule has 1 aromatic rings. The van der Waals surface area contributed by atoms with Crippen molar-refractivity contribution >= 4 is 23.4 Å². The fraction of sp³-hybridized carbons (Fsp3) is 0.467. The van der Waals surface area contributed by atoms with Gasteiger partial charge in [0.15, 0.2) is 0 Å². The molecule has 0 bridgehead atoms. The lowest BCUT2D eigenvalue weighted by Crippen LogP contribution is -2.50. The molecule has 2 aliphatic rings. The zero-order chi connectivity index (χ0) is 17.3. The number of ether oxygens (including phenoxy) is 1. The molecule has 0 spiro atoms. The van der Waals surface area contributed by atoms with E-state index in [0.717, 1.165) is 29.2 Å². The van der Waals surface area contributed by atoms with E-state index in [2.05, 4.69) is 15.0 Å². The van der Waals surface area contributed by atoms with Gasteiger partial charge >= 0.3 is 18.2 Å². The van der Waals surface area contributed by atoms with Gasteiger partial charge in [-0.3, -0.25) is 0 Å². The highest BCUT2D eigenvalue weighted by Gasteiger charge is 2.43. The molecule has 24 heavy (non-hydrogen) atoms. The lowest BCUT2D eigenvalue weighted by atomic mass is 10.1. The van der Waals surface area contributed by atoms with Gasteiger partial charge in [0.05, 0.1) is 0 Å². The maximum Gasteiger partial charge on any atom is 0.491 e. The van der Waals surface area contributed by atoms with Gasteiger partial charge in [-0.1, -0.05) is 6.07 Å². The van der Waals surface area contributed by atoms with E-state index in [4.69, 9.17) is 0 Å². The molecular formula is C15H16F3N3O3. The smallest absolute Gasteiger partial charge is 0.384 e. The lowest BCUT2D eigenvalue weighted by molar-refractivity contribution is -0.193. The fourth-order valence-electron chi connectivity index (χ4n) is 2.95. The molecule has 2 aliphatic heterocycles. The van der Waals surface area contributed by atoms with Crippen molar-refractivity contribution in [3.63, 3.8) is 0 Å². The third-order valence-corrected chi connectivity index (χ3v) is 4.13. The van der Waals surface area contributed by atoms with Crippen LogP contribution in [0, 0.1) is 0 Å². The highest BCUT2D eigenvalue weighted by molar-refractivity contribution is 5.87. The van der Waals surface area contributed by atoms with Gasteiger partial charge in [0, 0.05) is 49.7 Å². The minimum Gasteiger partial charge on any atom is -0.384 e. The number of halogens is 3. The van der Waals surface area contributed by atoms with Crippen LogP contribution in [-0.2, 0) is 16.0 Å². The minimum atomic E-state index is -5.17. The zero-order valence-electron chi connectivity index (χ0n) is 12.7. The Morgan fingerprint density at radius 2 is 1.83 bits per heavy atom. The third-order valence-electron chi connectivity index (χ3n) is 4.13. The minimum absolute atomic E-state index is 0.196. The number of benzene rings is 1. The van der Waals surface area contributed by atoms with Crippen molar-refractivity contribution in [2.45, 2.75) is 12.6 Å². The van der Waals surface area contributed by atoms with E-state index in [0.29, 0.717) is 13.1 Å². The third kappa shape index (κ3) is 3.24. The molecule has 1 fully saturated rings. The van der Waals surface area contributed by atoms with E-state index in [1.807, 2.05) is 18.2 Å². The molecule has 2 heterocycles. The SMILES string of the molecule is O=C(OC(=O)C(F)(F)F)N1CCN(c2cccc3c2CCN3)CC1. The molecule has 1 amide bonds. The van der Waals surface area contributed by atoms with Crippen LogP contribution in [0.25, 0.3) is 0 Å². The van der Waals surface area contributed by atoms with Crippen molar-refractivity contribution in [2.24, 2.45) is 0 Å². The van der Waals surface area contributed by atoms with Crippen LogP contribution in [0.2, 0.25) is 0 Å². The summed E-state index contributed by atoms with van der Waals surface area (Å²) in [7, 11) is 0. The fourth-order valence-corrected chi connectivity index (χ4v) is 2.95. The number of hydrogen-bond acceptors (Lipinski definition) is 5. The van der Waals surface area contributed by atoms with E-state index >= 15 is 0 Å². The predicted molar refractivity (Wildman–Crippen MR) is 80.0 cm³/mol. The Bertz CT molecular complexity index is 655. The van der Waals surface area contributed by atoms with Crippen LogP contribution in [0.15, 0.2) is 18.2 Å². The van der Waals surface area contributed by atoms with Crippen LogP contribution >= 0.6 is 0 Å². The maximum absolute atomic E-state index is 12.1. The first-order valence-electron chi connectivity index (χ1n) is 7.55. The first-order chi connectivity index (χ1) is 11.4. The Labute approximate surface area is 136 Å². The van der Waals surface area contributed by atoms with Gasteiger partial charge < -0.3 is 19.9 Å². The topological polar surface area (TPSA) is 61.9 Å². The van der Waals surface area contributed by atoms with Gasteiger partial charge in [-0.05, 0) is 18.6 Å². The highest BCUT2D eigenvalue weighted by atomic mass is 19.4. The summed E-state index contributed by atoms with van der Waals surface area (Å²) in [5.41, 5.74) is 3.36. The molecular weight excluding hydrogens is 327 g/mol. The van der Waals surface area contributed by atoms with Gasteiger partial charge in [0.1, 0.15) is 0 Å². The molecule has 0 aromatic heterocycles. The van der Waals surface area contributed by atoms with E-state index in [1.54, 1.807) is 0 Å². The van der Waals surface area contributed by atoms with Crippen molar-refractivity contribution < 1.29 is 27.5 Å². The summed E-state index contributed by atoms with van der Waals surface area (Å²) in [6.45, 7) is 2.19. The number of esters is 1. The van der Waals surface area contributed by atoms with Crippen LogP contribution in [0.3, 0.4) is 0 Å². The van der Waals surface area contributed by atoms with Gasteiger partial charge in [-0.25, -0.2) is 9.59 Å². The normalized spacial score (nSPS) is 17.3. The zero-order valence-corrected chi connectivity index (χ0v) is 12.7. The Balaban J connectivity index is 1.59. The summed E-state index contributed by atoms with van der Waals surface area (Å²) < 4.78 is 40.2. The summed E-state index contributed by atoms with van der Waals surface area (Å²) >= 11 is 0. The number of carbonyl (C=O) groups excluding carboxylic acids is 2. The average molecular weight is 343 g/mol. The van der Waals surface area contributed by atoms with Crippen molar-refractivity contribution in [1.82, 2.24) is 4.90 Å². The van der Waals surface area contributed by atoms with Crippen LogP contribution in [-0.4, -0.2) is 55.9 Å². The van der Waals surface area contributed by atoms with E-state index in [1.165, 1.54) is 5.56 Å². The largest absolute Gasteiger partial charge is 0.491 e. The quantitative estimate of drug-likeness (QED) is 0.624. The molecule has 6 nitrogen and oxygen atoms in total. The molecule has 1 saturated heterocycles. The molecule has 0 saturated carbocycles. The first-order valence-corrected chi connectivity index (χ1v) is 7.55. The summed E-state index contributed by atoms with van der Waals surface area (Å²) in [4.78, 5) is 25.6.